The lowest BCUT2D eigenvalue weighted by atomic mass is 9.54. The highest BCUT2D eigenvalue weighted by Crippen LogP contribution is 2.61. The molecule has 1 aromatic heterocycles. The number of hydrogen-bond acceptors (Lipinski definition) is 6. The number of Topliss-reactive ketones (excluding diaryl/α,β-unsaturated/α-hetero) is 1. The van der Waals surface area contributed by atoms with Gasteiger partial charge in [0.25, 0.3) is 0 Å². The Morgan fingerprint density at radius 3 is 2.97 bits per heavy atom. The Morgan fingerprint density at radius 1 is 1.42 bits per heavy atom. The number of allylic oxidation sites excluding steroid dienone is 1. The summed E-state index contributed by atoms with van der Waals surface area (Å²) in [5.74, 6) is 0.894. The number of carbonyl (C=O) groups excluding carboxylic acids is 2. The Hall–Kier alpha value is -2.98. The first-order chi connectivity index (χ1) is 15.8. The maximum absolute atomic E-state index is 13.1. The van der Waals surface area contributed by atoms with Gasteiger partial charge in [-0.25, -0.2) is 4.98 Å². The van der Waals surface area contributed by atoms with Crippen LogP contribution in [-0.4, -0.2) is 21.8 Å². The van der Waals surface area contributed by atoms with Gasteiger partial charge >= 0.3 is 0 Å². The number of aromatic nitrogens is 1. The number of phenols is 1. The average Bonchev–Trinajstić information content (AvgIpc) is 3.31. The predicted octanol–water partition coefficient (Wildman–Crippen LogP) is 5.02. The van der Waals surface area contributed by atoms with E-state index in [1.807, 2.05) is 19.1 Å². The van der Waals surface area contributed by atoms with E-state index in [1.54, 1.807) is 12.3 Å². The lowest BCUT2D eigenvalue weighted by Gasteiger charge is -2.48. The van der Waals surface area contributed by atoms with Gasteiger partial charge in [0.2, 0.25) is 5.91 Å². The number of aromatic hydroxyl groups is 1. The van der Waals surface area contributed by atoms with Gasteiger partial charge < -0.3 is 10.4 Å². The summed E-state index contributed by atoms with van der Waals surface area (Å²) in [6.45, 7) is 4.05. The number of phenolic OH excluding ortho intramolecular Hbond substituents is 1. The summed E-state index contributed by atoms with van der Waals surface area (Å²) in [5, 5.41) is 23.2. The summed E-state index contributed by atoms with van der Waals surface area (Å²) >= 11 is 1.45. The van der Waals surface area contributed by atoms with Crippen molar-refractivity contribution in [1.29, 1.82) is 5.26 Å². The van der Waals surface area contributed by atoms with E-state index >= 15 is 0 Å². The molecule has 1 aromatic carbocycles. The van der Waals surface area contributed by atoms with Crippen LogP contribution in [-0.2, 0) is 16.0 Å². The van der Waals surface area contributed by atoms with Crippen molar-refractivity contribution >= 4 is 28.2 Å². The number of nitriles is 1. The highest BCUT2D eigenvalue weighted by Gasteiger charge is 2.56. The highest BCUT2D eigenvalue weighted by atomic mass is 32.1. The van der Waals surface area contributed by atoms with Gasteiger partial charge in [0.15, 0.2) is 5.13 Å². The molecule has 0 saturated heterocycles. The summed E-state index contributed by atoms with van der Waals surface area (Å²) in [6.07, 6.45) is 7.68. The lowest BCUT2D eigenvalue weighted by Crippen LogP contribution is -2.43. The minimum absolute atomic E-state index is 0.0495. The van der Waals surface area contributed by atoms with Crippen LogP contribution in [0.4, 0.5) is 5.13 Å². The summed E-state index contributed by atoms with van der Waals surface area (Å²) in [5.41, 5.74) is 3.22. The largest absolute Gasteiger partial charge is 0.507 e. The number of aryl methyl sites for hydroxylation is 1. The summed E-state index contributed by atoms with van der Waals surface area (Å²) in [7, 11) is 0. The molecule has 1 amide bonds. The number of anilines is 1. The molecule has 3 aliphatic rings. The molecule has 0 radical (unpaired) electrons. The van der Waals surface area contributed by atoms with E-state index in [2.05, 4.69) is 23.3 Å². The maximum Gasteiger partial charge on any atom is 0.229 e. The lowest BCUT2D eigenvalue weighted by molar-refractivity contribution is -0.129. The summed E-state index contributed by atoms with van der Waals surface area (Å²) < 4.78 is 0. The molecule has 6 nitrogen and oxygen atoms in total. The van der Waals surface area contributed by atoms with Gasteiger partial charge in [-0.05, 0) is 67.6 Å². The van der Waals surface area contributed by atoms with E-state index in [0.717, 1.165) is 47.3 Å². The highest BCUT2D eigenvalue weighted by molar-refractivity contribution is 7.15. The van der Waals surface area contributed by atoms with Gasteiger partial charge in [-0.2, -0.15) is 5.26 Å². The molecule has 2 N–H and O–H groups in total. The number of hydrogen-bond donors (Lipinski definition) is 2. The number of nitrogens with one attached hydrogen (secondary N) is 1. The Kier molecular flexibility index (Phi) is 5.37. The second-order valence-corrected chi connectivity index (χ2v) is 11.0. The fourth-order valence-corrected chi connectivity index (χ4v) is 7.17. The van der Waals surface area contributed by atoms with E-state index in [9.17, 15) is 20.0 Å². The molecule has 0 bridgehead atoms. The van der Waals surface area contributed by atoms with Crippen LogP contribution in [0, 0.1) is 35.5 Å². The molecule has 2 aromatic rings. The number of rotatable bonds is 3. The zero-order chi connectivity index (χ0) is 23.3. The number of amides is 1. The van der Waals surface area contributed by atoms with E-state index in [0.29, 0.717) is 23.0 Å². The van der Waals surface area contributed by atoms with Crippen LogP contribution >= 0.6 is 11.3 Å². The third-order valence-corrected chi connectivity index (χ3v) is 8.82. The molecule has 0 spiro atoms. The molecule has 0 aliphatic heterocycles. The first-order valence-electron chi connectivity index (χ1n) is 11.5. The summed E-state index contributed by atoms with van der Waals surface area (Å²) in [4.78, 5) is 30.9. The SMILES string of the molecule is Cc1cnc(NC(=O)C/C=C2\CC(=O)[C@@]3(C)CCC4c5ccc(O)c(C#N)c5CCC4C23)s1. The van der Waals surface area contributed by atoms with Crippen LogP contribution in [0.3, 0.4) is 0 Å². The fourth-order valence-electron chi connectivity index (χ4n) is 6.49. The Labute approximate surface area is 197 Å². The normalized spacial score (nSPS) is 29.2. The first-order valence-corrected chi connectivity index (χ1v) is 12.3. The van der Waals surface area contributed by atoms with E-state index in [4.69, 9.17) is 0 Å². The van der Waals surface area contributed by atoms with Gasteiger partial charge in [-0.3, -0.25) is 9.59 Å². The molecule has 3 unspecified atom stereocenters. The first kappa shape index (κ1) is 21.8. The van der Waals surface area contributed by atoms with Crippen LogP contribution in [0.1, 0.15) is 66.5 Å². The van der Waals surface area contributed by atoms with Gasteiger partial charge in [0.1, 0.15) is 17.6 Å². The second kappa shape index (κ2) is 8.11. The van der Waals surface area contributed by atoms with Gasteiger partial charge in [-0.1, -0.05) is 24.6 Å². The van der Waals surface area contributed by atoms with Crippen LogP contribution < -0.4 is 5.32 Å². The predicted molar refractivity (Wildman–Crippen MR) is 126 cm³/mol. The van der Waals surface area contributed by atoms with Crippen molar-refractivity contribution in [2.75, 3.05) is 5.32 Å². The summed E-state index contributed by atoms with van der Waals surface area (Å²) in [6, 6.07) is 5.78. The molecule has 170 valence electrons. The number of benzene rings is 1. The van der Waals surface area contributed by atoms with Crippen molar-refractivity contribution in [1.82, 2.24) is 4.98 Å². The molecule has 7 heteroatoms. The monoisotopic (exact) mass is 461 g/mol. The van der Waals surface area contributed by atoms with Crippen LogP contribution in [0.2, 0.25) is 0 Å². The van der Waals surface area contributed by atoms with Crippen LogP contribution in [0.5, 0.6) is 5.75 Å². The Balaban J connectivity index is 1.42. The van der Waals surface area contributed by atoms with Crippen molar-refractivity contribution in [2.45, 2.75) is 58.3 Å². The standard InChI is InChI=1S/C26H27N3O3S/c1-14-13-28-25(33-14)29-23(32)8-3-15-11-22(31)26(2)10-9-18-16-6-7-21(30)20(12-27)17(16)4-5-19(18)24(15)26/h3,6-7,13,18-19,24,30H,4-5,8-11H2,1-2H3,(H,28,29,32)/b15-3+/t18?,19?,24?,26-/m1/s1. The number of thiazole rings is 1. The van der Waals surface area contributed by atoms with Crippen LogP contribution in [0.15, 0.2) is 30.0 Å². The molecule has 33 heavy (non-hydrogen) atoms. The number of carbonyl (C=O) groups is 2. The molecule has 4 atom stereocenters. The van der Waals surface area contributed by atoms with Crippen molar-refractivity contribution in [2.24, 2.45) is 17.3 Å². The minimum atomic E-state index is -0.387. The maximum atomic E-state index is 13.1. The second-order valence-electron chi connectivity index (χ2n) is 9.79. The smallest absolute Gasteiger partial charge is 0.229 e. The molecule has 1 heterocycles. The Bertz CT molecular complexity index is 1220. The van der Waals surface area contributed by atoms with Gasteiger partial charge in [0, 0.05) is 29.3 Å². The van der Waals surface area contributed by atoms with Crippen LogP contribution in [0.25, 0.3) is 0 Å². The fraction of sp³-hybridized carbons (Fsp3) is 0.462. The topological polar surface area (TPSA) is 103 Å². The molecular formula is C26H27N3O3S. The third-order valence-electron chi connectivity index (χ3n) is 7.99. The molecule has 5 rings (SSSR count). The number of ketones is 1. The van der Waals surface area contributed by atoms with Crippen molar-refractivity contribution in [3.63, 3.8) is 0 Å². The van der Waals surface area contributed by atoms with Crippen molar-refractivity contribution < 1.29 is 14.7 Å². The van der Waals surface area contributed by atoms with Gasteiger partial charge in [-0.15, -0.1) is 11.3 Å². The van der Waals surface area contributed by atoms with Crippen molar-refractivity contribution in [3.05, 3.63) is 51.5 Å². The third kappa shape index (κ3) is 3.57. The zero-order valence-electron chi connectivity index (χ0n) is 18.9. The van der Waals surface area contributed by atoms with Crippen molar-refractivity contribution in [3.8, 4) is 11.8 Å². The zero-order valence-corrected chi connectivity index (χ0v) is 19.7. The minimum Gasteiger partial charge on any atom is -0.507 e. The van der Waals surface area contributed by atoms with E-state index < -0.39 is 0 Å². The molecular weight excluding hydrogens is 434 g/mol. The molecule has 2 saturated carbocycles. The molecule has 2 fully saturated rings. The van der Waals surface area contributed by atoms with E-state index in [1.165, 1.54) is 11.3 Å². The molecule has 3 aliphatic carbocycles. The number of nitrogens with zero attached hydrogens (tertiary/aromatic N) is 2. The quantitative estimate of drug-likeness (QED) is 0.625. The number of fused-ring (bicyclic) bond motifs is 5. The Morgan fingerprint density at radius 2 is 2.24 bits per heavy atom. The van der Waals surface area contributed by atoms with E-state index in [-0.39, 0.29) is 41.1 Å². The van der Waals surface area contributed by atoms with Gasteiger partial charge in [0.05, 0.1) is 5.56 Å². The average molecular weight is 462 g/mol.